The maximum Gasteiger partial charge on any atom is 0.319 e. The Morgan fingerprint density at radius 3 is 2.79 bits per heavy atom. The lowest BCUT2D eigenvalue weighted by molar-refractivity contribution is 0.147. The Bertz CT molecular complexity index is 1190. The van der Waals surface area contributed by atoms with E-state index in [0.717, 1.165) is 79.7 Å². The summed E-state index contributed by atoms with van der Waals surface area (Å²) in [6, 6.07) is 11.7. The zero-order valence-corrected chi connectivity index (χ0v) is 22.7. The number of likely N-dealkylation sites (N-methyl/N-ethyl adjacent to an activating group) is 1. The summed E-state index contributed by atoms with van der Waals surface area (Å²) in [6.45, 7) is 3.06. The molecule has 0 saturated heterocycles. The van der Waals surface area contributed by atoms with Crippen LogP contribution in [0.3, 0.4) is 0 Å². The predicted molar refractivity (Wildman–Crippen MR) is 149 cm³/mol. The van der Waals surface area contributed by atoms with Crippen LogP contribution in [0.4, 0.5) is 14.9 Å². The van der Waals surface area contributed by atoms with Crippen LogP contribution >= 0.6 is 0 Å². The number of urea groups is 1. The highest BCUT2D eigenvalue weighted by atomic mass is 19.1. The molecule has 38 heavy (non-hydrogen) atoms. The van der Waals surface area contributed by atoms with Gasteiger partial charge in [-0.3, -0.25) is 5.01 Å². The van der Waals surface area contributed by atoms with Gasteiger partial charge in [0, 0.05) is 36.9 Å². The van der Waals surface area contributed by atoms with Gasteiger partial charge in [-0.15, -0.1) is 10.6 Å². The predicted octanol–water partition coefficient (Wildman–Crippen LogP) is 4.17. The summed E-state index contributed by atoms with van der Waals surface area (Å²) in [5.74, 6) is 1.04. The molecule has 0 bridgehead atoms. The number of carbonyl (C=O) groups excluding carboxylic acids is 1. The van der Waals surface area contributed by atoms with Crippen LogP contribution in [0, 0.1) is 11.7 Å². The molecule has 9 heteroatoms. The number of fused-ring (bicyclic) bond motifs is 1. The molecule has 1 fully saturated rings. The summed E-state index contributed by atoms with van der Waals surface area (Å²) >= 11 is 0. The van der Waals surface area contributed by atoms with E-state index in [1.807, 2.05) is 30.3 Å². The molecule has 0 aromatic heterocycles. The molecule has 204 valence electrons. The Morgan fingerprint density at radius 2 is 2.00 bits per heavy atom. The Morgan fingerprint density at radius 1 is 1.16 bits per heavy atom. The zero-order valence-electron chi connectivity index (χ0n) is 22.7. The first-order chi connectivity index (χ1) is 18.4. The van der Waals surface area contributed by atoms with Gasteiger partial charge in [-0.2, -0.15) is 0 Å². The lowest BCUT2D eigenvalue weighted by Crippen LogP contribution is -2.49. The second-order valence-electron chi connectivity index (χ2n) is 11.0. The summed E-state index contributed by atoms with van der Waals surface area (Å²) in [7, 11) is 4.10. The number of halogens is 1. The van der Waals surface area contributed by atoms with E-state index in [4.69, 9.17) is 0 Å². The third-order valence-electron chi connectivity index (χ3n) is 8.36. The number of anilines is 1. The van der Waals surface area contributed by atoms with E-state index in [2.05, 4.69) is 51.7 Å². The Balaban J connectivity index is 1.21. The summed E-state index contributed by atoms with van der Waals surface area (Å²) < 4.78 is 13.6. The molecule has 8 nitrogen and oxygen atoms in total. The molecule has 1 heterocycles. The molecule has 2 aromatic carbocycles. The van der Waals surface area contributed by atoms with Gasteiger partial charge in [0.2, 0.25) is 0 Å². The van der Waals surface area contributed by atoms with Crippen molar-refractivity contribution in [3.05, 3.63) is 64.5 Å². The Kier molecular flexibility index (Phi) is 8.14. The summed E-state index contributed by atoms with van der Waals surface area (Å²) in [5.41, 5.74) is 11.0. The van der Waals surface area contributed by atoms with Gasteiger partial charge in [-0.1, -0.05) is 25.8 Å². The van der Waals surface area contributed by atoms with Gasteiger partial charge >= 0.3 is 6.03 Å². The number of hydrogen-bond donors (Lipinski definition) is 4. The Labute approximate surface area is 225 Å². The van der Waals surface area contributed by atoms with E-state index in [1.54, 1.807) is 12.1 Å². The number of rotatable bonds is 7. The number of hydrogen-bond acceptors (Lipinski definition) is 6. The fourth-order valence-corrected chi connectivity index (χ4v) is 6.19. The van der Waals surface area contributed by atoms with Crippen molar-refractivity contribution in [3.63, 3.8) is 0 Å². The van der Waals surface area contributed by atoms with E-state index in [0.29, 0.717) is 12.0 Å². The largest absolute Gasteiger partial charge is 0.335 e. The minimum Gasteiger partial charge on any atom is -0.335 e. The van der Waals surface area contributed by atoms with E-state index in [-0.39, 0.29) is 17.9 Å². The Hall–Kier alpha value is -3.17. The molecule has 2 aliphatic carbocycles. The molecule has 2 amide bonds. The van der Waals surface area contributed by atoms with Crippen molar-refractivity contribution in [3.8, 4) is 0 Å². The second-order valence-corrected chi connectivity index (χ2v) is 11.0. The quantitative estimate of drug-likeness (QED) is 0.440. The number of nitrogens with one attached hydrogen (secondary N) is 4. The monoisotopic (exact) mass is 521 g/mol. The van der Waals surface area contributed by atoms with Gasteiger partial charge in [0.25, 0.3) is 0 Å². The maximum absolute atomic E-state index is 13.6. The molecule has 3 atom stereocenters. The lowest BCUT2D eigenvalue weighted by atomic mass is 9.82. The minimum atomic E-state index is -0.157. The van der Waals surface area contributed by atoms with E-state index in [9.17, 15) is 9.18 Å². The van der Waals surface area contributed by atoms with Crippen molar-refractivity contribution in [1.29, 1.82) is 0 Å². The average molecular weight is 522 g/mol. The SMILES string of the molecule is CCc1cc(NC(=O)N[C@@H]2CCCC[C@H]2CN(C)C2CCc3cc(F)ccc3C2)cc(C2=NNNN2C)c1. The summed E-state index contributed by atoms with van der Waals surface area (Å²) in [5, 5.41) is 12.5. The lowest BCUT2D eigenvalue weighted by Gasteiger charge is -2.39. The third-order valence-corrected chi connectivity index (χ3v) is 8.36. The smallest absolute Gasteiger partial charge is 0.319 e. The van der Waals surface area contributed by atoms with E-state index < -0.39 is 0 Å². The standard InChI is InChI=1S/C29H40FN7O/c1-4-19-13-23(28-33-34-35-37(28)3)16-25(14-19)31-29(38)32-27-8-6-5-7-22(27)18-36(2)26-12-10-20-15-24(30)11-9-21(20)17-26/h9,11,13-16,22,26-27,34-35H,4-8,10,12,17-18H2,1-3H3,(H2,31,32,38)/t22-,26?,27+/m0/s1. The molecule has 1 saturated carbocycles. The molecule has 0 spiro atoms. The molecular weight excluding hydrogens is 481 g/mol. The fourth-order valence-electron chi connectivity index (χ4n) is 6.19. The van der Waals surface area contributed by atoms with Crippen LogP contribution in [0.1, 0.15) is 61.3 Å². The highest BCUT2D eigenvalue weighted by Crippen LogP contribution is 2.29. The number of nitrogens with zero attached hydrogens (tertiary/aromatic N) is 3. The van der Waals surface area contributed by atoms with Gasteiger partial charge in [0.15, 0.2) is 5.84 Å². The van der Waals surface area contributed by atoms with Gasteiger partial charge in [-0.25, -0.2) is 14.7 Å². The van der Waals surface area contributed by atoms with Gasteiger partial charge < -0.3 is 15.5 Å². The summed E-state index contributed by atoms with van der Waals surface area (Å²) in [4.78, 5) is 15.6. The first-order valence-electron chi connectivity index (χ1n) is 13.9. The maximum atomic E-state index is 13.6. The molecule has 5 rings (SSSR count). The van der Waals surface area contributed by atoms with Gasteiger partial charge in [0.05, 0.1) is 0 Å². The van der Waals surface area contributed by atoms with Crippen molar-refractivity contribution in [2.75, 3.05) is 26.0 Å². The molecule has 3 aliphatic rings. The van der Waals surface area contributed by atoms with Crippen LogP contribution in [-0.4, -0.2) is 54.5 Å². The number of aryl methyl sites for hydroxylation is 2. The molecule has 2 aromatic rings. The van der Waals surface area contributed by atoms with Crippen LogP contribution in [-0.2, 0) is 19.3 Å². The molecule has 1 aliphatic heterocycles. The molecule has 0 radical (unpaired) electrons. The number of benzene rings is 2. The third kappa shape index (κ3) is 6.10. The summed E-state index contributed by atoms with van der Waals surface area (Å²) in [6.07, 6.45) is 8.23. The number of amidine groups is 1. The van der Waals surface area contributed by atoms with Crippen molar-refractivity contribution in [2.45, 2.75) is 70.4 Å². The fraction of sp³-hybridized carbons (Fsp3) is 0.517. The molecule has 1 unspecified atom stereocenters. The number of hydrazine groups is 2. The van der Waals surface area contributed by atoms with Crippen molar-refractivity contribution >= 4 is 17.6 Å². The molecule has 4 N–H and O–H groups in total. The van der Waals surface area contributed by atoms with Crippen LogP contribution in [0.25, 0.3) is 0 Å². The van der Waals surface area contributed by atoms with Gasteiger partial charge in [-0.05, 0) is 98.5 Å². The van der Waals surface area contributed by atoms with Crippen molar-refractivity contribution in [2.24, 2.45) is 11.0 Å². The first kappa shape index (κ1) is 26.4. The van der Waals surface area contributed by atoms with Crippen molar-refractivity contribution in [1.82, 2.24) is 26.3 Å². The second kappa shape index (κ2) is 11.7. The number of hydrazone groups is 1. The van der Waals surface area contributed by atoms with Crippen LogP contribution in [0.15, 0.2) is 41.5 Å². The highest BCUT2D eigenvalue weighted by Gasteiger charge is 2.30. The normalized spacial score (nSPS) is 23.0. The van der Waals surface area contributed by atoms with Crippen LogP contribution in [0.2, 0.25) is 0 Å². The molecular formula is C29H40FN7O. The highest BCUT2D eigenvalue weighted by molar-refractivity contribution is 6.00. The topological polar surface area (TPSA) is 84.0 Å². The van der Waals surface area contributed by atoms with Crippen molar-refractivity contribution < 1.29 is 9.18 Å². The number of carbonyl (C=O) groups is 1. The first-order valence-corrected chi connectivity index (χ1v) is 13.9. The van der Waals surface area contributed by atoms with E-state index >= 15 is 0 Å². The minimum absolute atomic E-state index is 0.142. The van der Waals surface area contributed by atoms with Crippen LogP contribution in [0.5, 0.6) is 0 Å². The van der Waals surface area contributed by atoms with E-state index in [1.165, 1.54) is 12.0 Å². The zero-order chi connectivity index (χ0) is 26.6. The van der Waals surface area contributed by atoms with Gasteiger partial charge in [0.1, 0.15) is 5.82 Å². The average Bonchev–Trinajstić information content (AvgIpc) is 3.35. The number of amides is 2. The van der Waals surface area contributed by atoms with Crippen LogP contribution < -0.4 is 21.7 Å².